The molecule has 1 N–H and O–H groups in total. The molecule has 0 bridgehead atoms. The quantitative estimate of drug-likeness (QED) is 0.522. The van der Waals surface area contributed by atoms with Crippen molar-refractivity contribution in [2.75, 3.05) is 6.61 Å². The summed E-state index contributed by atoms with van der Waals surface area (Å²) in [6.07, 6.45) is 0.322. The minimum absolute atomic E-state index is 0.0920. The third-order valence-electron chi connectivity index (χ3n) is 5.26. The molecule has 0 saturated carbocycles. The van der Waals surface area contributed by atoms with E-state index in [4.69, 9.17) is 14.2 Å². The lowest BCUT2D eigenvalue weighted by Crippen LogP contribution is -2.46. The first-order valence-corrected chi connectivity index (χ1v) is 10.6. The molecule has 1 aliphatic rings. The Bertz CT molecular complexity index is 1030. The Morgan fingerprint density at radius 3 is 1.78 bits per heavy atom. The van der Waals surface area contributed by atoms with Crippen molar-refractivity contribution < 1.29 is 24.1 Å². The molecule has 164 valence electrons. The summed E-state index contributed by atoms with van der Waals surface area (Å²) in [5.74, 6) is -0.291. The first-order chi connectivity index (χ1) is 15.6. The molecule has 0 aliphatic heterocycles. The van der Waals surface area contributed by atoms with Crippen LogP contribution in [0.4, 0.5) is 0 Å². The molecule has 0 heterocycles. The number of ether oxygens (including phenoxy) is 3. The zero-order valence-electron chi connectivity index (χ0n) is 17.7. The summed E-state index contributed by atoms with van der Waals surface area (Å²) in [5, 5.41) is 11.3. The van der Waals surface area contributed by atoms with Gasteiger partial charge >= 0.3 is 0 Å². The SMILES string of the molecule is O=C1C(OCc2ccccc2)=C[C@](O)(COCc2ccccc2)[C@@H]1OCc1ccccc1. The molecule has 2 atom stereocenters. The fourth-order valence-electron chi connectivity index (χ4n) is 3.58. The summed E-state index contributed by atoms with van der Waals surface area (Å²) in [6, 6.07) is 28.7. The van der Waals surface area contributed by atoms with Crippen molar-refractivity contribution in [3.63, 3.8) is 0 Å². The van der Waals surface area contributed by atoms with Gasteiger partial charge in [0.05, 0.1) is 19.8 Å². The minimum Gasteiger partial charge on any atom is -0.485 e. The Hall–Kier alpha value is -3.25. The molecule has 0 amide bonds. The molecule has 0 radical (unpaired) electrons. The van der Waals surface area contributed by atoms with Crippen LogP contribution in [0, 0.1) is 0 Å². The van der Waals surface area contributed by atoms with Gasteiger partial charge in [-0.1, -0.05) is 91.0 Å². The summed E-state index contributed by atoms with van der Waals surface area (Å²) < 4.78 is 17.4. The molecule has 5 heteroatoms. The van der Waals surface area contributed by atoms with Gasteiger partial charge in [0, 0.05) is 0 Å². The minimum atomic E-state index is -1.62. The van der Waals surface area contributed by atoms with Crippen LogP contribution in [0.3, 0.4) is 0 Å². The van der Waals surface area contributed by atoms with Crippen molar-refractivity contribution in [3.8, 4) is 0 Å². The first-order valence-electron chi connectivity index (χ1n) is 10.6. The van der Waals surface area contributed by atoms with Gasteiger partial charge in [-0.05, 0) is 22.8 Å². The highest BCUT2D eigenvalue weighted by atomic mass is 16.5. The molecule has 3 aromatic rings. The molecule has 0 saturated heterocycles. The van der Waals surface area contributed by atoms with E-state index in [0.717, 1.165) is 16.7 Å². The lowest BCUT2D eigenvalue weighted by atomic mass is 10.0. The standard InChI is InChI=1S/C27H26O5/c28-25-24(31-18-22-12-6-2-7-13-22)16-27(29,20-30-17-21-10-4-1-5-11-21)26(25)32-19-23-14-8-3-9-15-23/h1-16,26,29H,17-20H2/t26-,27+/m1/s1. The first kappa shape index (κ1) is 22.0. The number of carbonyl (C=O) groups excluding carboxylic acids is 1. The fourth-order valence-corrected chi connectivity index (χ4v) is 3.58. The Morgan fingerprint density at radius 2 is 1.22 bits per heavy atom. The van der Waals surface area contributed by atoms with Crippen molar-refractivity contribution in [1.82, 2.24) is 0 Å². The maximum atomic E-state index is 13.1. The van der Waals surface area contributed by atoms with E-state index < -0.39 is 11.7 Å². The van der Waals surface area contributed by atoms with E-state index in [-0.39, 0.29) is 31.4 Å². The Kier molecular flexibility index (Phi) is 7.12. The van der Waals surface area contributed by atoms with E-state index in [2.05, 4.69) is 0 Å². The third kappa shape index (κ3) is 5.51. The molecule has 0 unspecified atom stereocenters. The monoisotopic (exact) mass is 430 g/mol. The van der Waals surface area contributed by atoms with Crippen molar-refractivity contribution in [3.05, 3.63) is 120 Å². The van der Waals surface area contributed by atoms with Crippen molar-refractivity contribution in [2.24, 2.45) is 0 Å². The van der Waals surface area contributed by atoms with Crippen LogP contribution in [0.25, 0.3) is 0 Å². The van der Waals surface area contributed by atoms with Crippen molar-refractivity contribution in [2.45, 2.75) is 31.5 Å². The van der Waals surface area contributed by atoms with Crippen LogP contribution < -0.4 is 0 Å². The number of hydrogen-bond acceptors (Lipinski definition) is 5. The molecule has 0 fully saturated rings. The highest BCUT2D eigenvalue weighted by Crippen LogP contribution is 2.31. The summed E-state index contributed by atoms with van der Waals surface area (Å²) in [7, 11) is 0. The predicted molar refractivity (Wildman–Crippen MR) is 120 cm³/mol. The van der Waals surface area contributed by atoms with Crippen molar-refractivity contribution >= 4 is 5.78 Å². The summed E-state index contributed by atoms with van der Waals surface area (Å²) in [5.41, 5.74) is 1.20. The molecule has 5 nitrogen and oxygen atoms in total. The van der Waals surface area contributed by atoms with Crippen LogP contribution >= 0.6 is 0 Å². The molecular formula is C27H26O5. The van der Waals surface area contributed by atoms with Crippen LogP contribution in [-0.2, 0) is 38.8 Å². The van der Waals surface area contributed by atoms with E-state index >= 15 is 0 Å². The maximum absolute atomic E-state index is 13.1. The van der Waals surface area contributed by atoms with E-state index in [1.54, 1.807) is 0 Å². The van der Waals surface area contributed by atoms with Gasteiger partial charge in [-0.15, -0.1) is 0 Å². The number of Topliss-reactive ketones (excluding diaryl/α,β-unsaturated/α-hetero) is 1. The fraction of sp³-hybridized carbons (Fsp3) is 0.222. The average Bonchev–Trinajstić information content (AvgIpc) is 3.07. The zero-order valence-corrected chi connectivity index (χ0v) is 17.7. The Labute approximate surface area is 187 Å². The number of hydrogen-bond donors (Lipinski definition) is 1. The van der Waals surface area contributed by atoms with Gasteiger partial charge in [0.15, 0.2) is 11.9 Å². The smallest absolute Gasteiger partial charge is 0.229 e. The summed E-state index contributed by atoms with van der Waals surface area (Å²) >= 11 is 0. The molecule has 3 aromatic carbocycles. The highest BCUT2D eigenvalue weighted by Gasteiger charge is 2.49. The number of rotatable bonds is 10. The van der Waals surface area contributed by atoms with Gasteiger partial charge in [-0.25, -0.2) is 0 Å². The second kappa shape index (κ2) is 10.4. The second-order valence-electron chi connectivity index (χ2n) is 7.79. The number of ketones is 1. The van der Waals surface area contributed by atoms with Crippen LogP contribution in [0.15, 0.2) is 103 Å². The maximum Gasteiger partial charge on any atom is 0.229 e. The predicted octanol–water partition coefficient (Wildman–Crippen LogP) is 4.20. The van der Waals surface area contributed by atoms with E-state index in [1.165, 1.54) is 6.08 Å². The van der Waals surface area contributed by atoms with Gasteiger partial charge in [-0.3, -0.25) is 4.79 Å². The largest absolute Gasteiger partial charge is 0.485 e. The average molecular weight is 431 g/mol. The van der Waals surface area contributed by atoms with E-state index in [9.17, 15) is 9.90 Å². The van der Waals surface area contributed by atoms with E-state index in [1.807, 2.05) is 91.0 Å². The topological polar surface area (TPSA) is 65.0 Å². The van der Waals surface area contributed by atoms with Crippen LogP contribution in [0.1, 0.15) is 16.7 Å². The number of aliphatic hydroxyl groups is 1. The molecule has 0 aromatic heterocycles. The normalized spacial score (nSPS) is 20.2. The van der Waals surface area contributed by atoms with Gasteiger partial charge in [0.25, 0.3) is 0 Å². The molecule has 0 spiro atoms. The van der Waals surface area contributed by atoms with Gasteiger partial charge in [0.2, 0.25) is 5.78 Å². The van der Waals surface area contributed by atoms with Gasteiger partial charge < -0.3 is 19.3 Å². The van der Waals surface area contributed by atoms with Crippen LogP contribution in [0.2, 0.25) is 0 Å². The molecule has 32 heavy (non-hydrogen) atoms. The van der Waals surface area contributed by atoms with Crippen LogP contribution in [0.5, 0.6) is 0 Å². The van der Waals surface area contributed by atoms with Gasteiger partial charge in [-0.2, -0.15) is 0 Å². The highest BCUT2D eigenvalue weighted by molar-refractivity contribution is 6.01. The number of benzene rings is 3. The summed E-state index contributed by atoms with van der Waals surface area (Å²) in [6.45, 7) is 0.644. The van der Waals surface area contributed by atoms with E-state index in [0.29, 0.717) is 6.61 Å². The lowest BCUT2D eigenvalue weighted by molar-refractivity contribution is -0.149. The summed E-state index contributed by atoms with van der Waals surface area (Å²) in [4.78, 5) is 13.1. The number of carbonyl (C=O) groups is 1. The molecular weight excluding hydrogens is 404 g/mol. The lowest BCUT2D eigenvalue weighted by Gasteiger charge is -2.27. The van der Waals surface area contributed by atoms with Gasteiger partial charge in [0.1, 0.15) is 12.2 Å². The van der Waals surface area contributed by atoms with Crippen molar-refractivity contribution in [1.29, 1.82) is 0 Å². The Balaban J connectivity index is 1.46. The molecule has 4 rings (SSSR count). The Morgan fingerprint density at radius 1 is 0.719 bits per heavy atom. The van der Waals surface area contributed by atoms with Crippen LogP contribution in [-0.4, -0.2) is 29.2 Å². The second-order valence-corrected chi connectivity index (χ2v) is 7.79. The third-order valence-corrected chi connectivity index (χ3v) is 5.26. The molecule has 1 aliphatic carbocycles. The zero-order chi connectivity index (χ0) is 22.2.